The molecule has 0 rings (SSSR count). The average Bonchev–Trinajstić information content (AvgIpc) is 1.35. The Hall–Kier alpha value is 1.04. The zero-order valence-corrected chi connectivity index (χ0v) is 8.52. The van der Waals surface area contributed by atoms with Crippen LogP contribution in [0.3, 0.4) is 0 Å². The van der Waals surface area contributed by atoms with E-state index in [9.17, 15) is 4.79 Å². The van der Waals surface area contributed by atoms with Gasteiger partial charge in [-0.05, 0) is 6.92 Å². The van der Waals surface area contributed by atoms with Crippen molar-refractivity contribution in [3.63, 3.8) is 0 Å². The van der Waals surface area contributed by atoms with Crippen LogP contribution in [0.1, 0.15) is 13.8 Å². The molecule has 0 N–H and O–H groups in total. The summed E-state index contributed by atoms with van der Waals surface area (Å²) in [6.45, 7) is 3.65. The first kappa shape index (κ1) is 16.0. The van der Waals surface area contributed by atoms with E-state index in [4.69, 9.17) is 0 Å². The molecule has 0 aliphatic heterocycles. The van der Waals surface area contributed by atoms with Gasteiger partial charge in [0, 0.05) is 6.92 Å². The van der Waals surface area contributed by atoms with Crippen LogP contribution in [-0.2, 0) is 9.53 Å². The van der Waals surface area contributed by atoms with Gasteiger partial charge < -0.3 is 9.44 Å². The number of hydrogen-bond donors (Lipinski definition) is 0. The van der Waals surface area contributed by atoms with Gasteiger partial charge in [-0.1, -0.05) is 0 Å². The third-order valence-corrected chi connectivity index (χ3v) is 0.348. The molecular formula is C4H8FKO2. The molecular weight excluding hydrogens is 138 g/mol. The van der Waals surface area contributed by atoms with Crippen molar-refractivity contribution >= 4 is 5.97 Å². The molecule has 0 unspecified atom stereocenters. The number of hydrogen-bond acceptors (Lipinski definition) is 2. The summed E-state index contributed by atoms with van der Waals surface area (Å²) in [5.41, 5.74) is 0. The largest absolute Gasteiger partial charge is 1.00 e. The predicted octanol–water partition coefficient (Wildman–Crippen LogP) is -5.42. The molecule has 0 amide bonds. The minimum atomic E-state index is -0.211. The first-order valence-electron chi connectivity index (χ1n) is 1.90. The predicted molar refractivity (Wildman–Crippen MR) is 22.3 cm³/mol. The van der Waals surface area contributed by atoms with Gasteiger partial charge in [0.2, 0.25) is 0 Å². The van der Waals surface area contributed by atoms with Crippen LogP contribution in [0.4, 0.5) is 0 Å². The number of rotatable bonds is 1. The molecule has 0 atom stereocenters. The van der Waals surface area contributed by atoms with Crippen molar-refractivity contribution in [3.8, 4) is 0 Å². The molecule has 44 valence electrons. The van der Waals surface area contributed by atoms with Gasteiger partial charge in [0.1, 0.15) is 0 Å². The summed E-state index contributed by atoms with van der Waals surface area (Å²) in [7, 11) is 0. The van der Waals surface area contributed by atoms with Gasteiger partial charge in [-0.15, -0.1) is 0 Å². The van der Waals surface area contributed by atoms with Gasteiger partial charge >= 0.3 is 57.4 Å². The fourth-order valence-electron chi connectivity index (χ4n) is 0.203. The van der Waals surface area contributed by atoms with Crippen LogP contribution in [0.15, 0.2) is 0 Å². The maximum absolute atomic E-state index is 9.82. The molecule has 0 aromatic carbocycles. The van der Waals surface area contributed by atoms with E-state index >= 15 is 0 Å². The first-order chi connectivity index (χ1) is 2.77. The SMILES string of the molecule is CCOC(C)=O.[F-].[K+]. The molecule has 0 fully saturated rings. The Kier molecular flexibility index (Phi) is 21.9. The quantitative estimate of drug-likeness (QED) is 0.273. The molecule has 8 heavy (non-hydrogen) atoms. The Morgan fingerprint density at radius 2 is 2.00 bits per heavy atom. The number of halogens is 1. The summed E-state index contributed by atoms with van der Waals surface area (Å²) in [6.07, 6.45) is 0. The molecule has 0 spiro atoms. The number of ether oxygens (including phenoxy) is 1. The second-order valence-corrected chi connectivity index (χ2v) is 0.925. The Labute approximate surface area is 90.8 Å². The van der Waals surface area contributed by atoms with Crippen molar-refractivity contribution in [1.29, 1.82) is 0 Å². The topological polar surface area (TPSA) is 26.3 Å². The molecule has 2 nitrogen and oxygen atoms in total. The standard InChI is InChI=1S/C4H8O2.FH.K/c1-3-6-4(2)5;;/h3H2,1-2H3;1H;/q;;+1/p-1. The van der Waals surface area contributed by atoms with E-state index in [1.807, 2.05) is 0 Å². The average molecular weight is 146 g/mol. The second-order valence-electron chi connectivity index (χ2n) is 0.925. The zero-order chi connectivity index (χ0) is 4.99. The maximum atomic E-state index is 9.82. The van der Waals surface area contributed by atoms with Gasteiger partial charge in [0.15, 0.2) is 0 Å². The number of carbonyl (C=O) groups is 1. The summed E-state index contributed by atoms with van der Waals surface area (Å²) >= 11 is 0. The van der Waals surface area contributed by atoms with Crippen LogP contribution in [0.2, 0.25) is 0 Å². The van der Waals surface area contributed by atoms with E-state index in [2.05, 4.69) is 4.74 Å². The van der Waals surface area contributed by atoms with Crippen LogP contribution in [0, 0.1) is 0 Å². The van der Waals surface area contributed by atoms with E-state index in [0.717, 1.165) is 0 Å². The van der Waals surface area contributed by atoms with E-state index in [0.29, 0.717) is 6.61 Å². The van der Waals surface area contributed by atoms with Crippen LogP contribution < -0.4 is 56.1 Å². The fourth-order valence-corrected chi connectivity index (χ4v) is 0.203. The maximum Gasteiger partial charge on any atom is 1.00 e. The van der Waals surface area contributed by atoms with Crippen molar-refractivity contribution in [3.05, 3.63) is 0 Å². The Morgan fingerprint density at radius 1 is 1.62 bits per heavy atom. The van der Waals surface area contributed by atoms with Crippen molar-refractivity contribution < 1.29 is 65.6 Å². The number of esters is 1. The normalized spacial score (nSPS) is 5.75. The van der Waals surface area contributed by atoms with E-state index in [1.165, 1.54) is 6.92 Å². The minimum absolute atomic E-state index is 0. The molecule has 0 heterocycles. The van der Waals surface area contributed by atoms with Crippen molar-refractivity contribution in [2.24, 2.45) is 0 Å². The molecule has 0 saturated carbocycles. The van der Waals surface area contributed by atoms with E-state index in [1.54, 1.807) is 6.92 Å². The van der Waals surface area contributed by atoms with Crippen molar-refractivity contribution in [2.75, 3.05) is 6.61 Å². The van der Waals surface area contributed by atoms with Crippen molar-refractivity contribution in [1.82, 2.24) is 0 Å². The van der Waals surface area contributed by atoms with Crippen LogP contribution in [0.25, 0.3) is 0 Å². The van der Waals surface area contributed by atoms with E-state index in [-0.39, 0.29) is 62.1 Å². The molecule has 0 aliphatic rings. The zero-order valence-electron chi connectivity index (χ0n) is 5.40. The Morgan fingerprint density at radius 3 is 2.00 bits per heavy atom. The molecule has 0 saturated heterocycles. The molecule has 0 aliphatic carbocycles. The molecule has 0 radical (unpaired) electrons. The first-order valence-corrected chi connectivity index (χ1v) is 1.90. The molecule has 4 heteroatoms. The Balaban J connectivity index is -0.000000125. The smallest absolute Gasteiger partial charge is 1.00 e. The van der Waals surface area contributed by atoms with Crippen molar-refractivity contribution in [2.45, 2.75) is 13.8 Å². The summed E-state index contributed by atoms with van der Waals surface area (Å²) in [5, 5.41) is 0. The van der Waals surface area contributed by atoms with Gasteiger partial charge in [-0.2, -0.15) is 0 Å². The minimum Gasteiger partial charge on any atom is -1.00 e. The van der Waals surface area contributed by atoms with Gasteiger partial charge in [0.05, 0.1) is 6.61 Å². The molecule has 0 aromatic rings. The van der Waals surface area contributed by atoms with E-state index < -0.39 is 0 Å². The fraction of sp³-hybridized carbons (Fsp3) is 0.750. The summed E-state index contributed by atoms with van der Waals surface area (Å²) in [5.74, 6) is -0.211. The summed E-state index contributed by atoms with van der Waals surface area (Å²) in [4.78, 5) is 9.82. The number of carbonyl (C=O) groups excluding carboxylic acids is 1. The molecule has 0 bridgehead atoms. The third kappa shape index (κ3) is 15.7. The van der Waals surface area contributed by atoms with Gasteiger partial charge in [0.25, 0.3) is 0 Å². The monoisotopic (exact) mass is 146 g/mol. The summed E-state index contributed by atoms with van der Waals surface area (Å²) < 4.78 is 4.40. The van der Waals surface area contributed by atoms with Gasteiger partial charge in [-0.25, -0.2) is 0 Å². The molecule has 0 aromatic heterocycles. The van der Waals surface area contributed by atoms with Crippen LogP contribution in [0.5, 0.6) is 0 Å². The third-order valence-electron chi connectivity index (χ3n) is 0.348. The summed E-state index contributed by atoms with van der Waals surface area (Å²) in [6, 6.07) is 0. The second kappa shape index (κ2) is 10.9. The van der Waals surface area contributed by atoms with Crippen LogP contribution >= 0.6 is 0 Å². The van der Waals surface area contributed by atoms with Gasteiger partial charge in [-0.3, -0.25) is 4.79 Å². The van der Waals surface area contributed by atoms with Crippen LogP contribution in [-0.4, -0.2) is 12.6 Å². The Bertz CT molecular complexity index is 58.0.